The standard InChI is InChI=1S/C16H16N4O4S/c1-2-18-15(21)14(12-4-3-7-19-12)13-10-8-9(25(17,23)24)5-6-11(10)20-16(13)22/h3-8,19H,2H2,1H3,(H,18,21)(H,20,22)(H2,17,23,24)/b14-13+. The molecule has 8 nitrogen and oxygen atoms in total. The van der Waals surface area contributed by atoms with Crippen LogP contribution in [0.5, 0.6) is 0 Å². The second-order valence-corrected chi connectivity index (χ2v) is 6.96. The number of sulfonamides is 1. The Balaban J connectivity index is 2.29. The van der Waals surface area contributed by atoms with Gasteiger partial charge >= 0.3 is 0 Å². The molecule has 0 fully saturated rings. The zero-order valence-electron chi connectivity index (χ0n) is 13.3. The van der Waals surface area contributed by atoms with Crippen molar-refractivity contribution in [2.75, 3.05) is 11.9 Å². The van der Waals surface area contributed by atoms with Crippen LogP contribution in [0.1, 0.15) is 18.2 Å². The Kier molecular flexibility index (Phi) is 4.19. The minimum atomic E-state index is -3.95. The van der Waals surface area contributed by atoms with E-state index in [1.807, 2.05) is 0 Å². The van der Waals surface area contributed by atoms with E-state index in [0.29, 0.717) is 23.5 Å². The maximum atomic E-state index is 12.6. The molecule has 1 aliphatic heterocycles. The molecule has 3 rings (SSSR count). The van der Waals surface area contributed by atoms with Crippen molar-refractivity contribution in [3.63, 3.8) is 0 Å². The van der Waals surface area contributed by atoms with Crippen molar-refractivity contribution < 1.29 is 18.0 Å². The number of rotatable bonds is 4. The highest BCUT2D eigenvalue weighted by atomic mass is 32.2. The second kappa shape index (κ2) is 6.19. The molecule has 0 saturated carbocycles. The van der Waals surface area contributed by atoms with E-state index in [0.717, 1.165) is 0 Å². The van der Waals surface area contributed by atoms with E-state index in [9.17, 15) is 18.0 Å². The van der Waals surface area contributed by atoms with Gasteiger partial charge in [-0.3, -0.25) is 9.59 Å². The number of anilines is 1. The first-order valence-electron chi connectivity index (χ1n) is 7.47. The first-order chi connectivity index (χ1) is 11.8. The SMILES string of the molecule is CCNC(=O)/C(=C1/C(=O)Nc2ccc(S(N)(=O)=O)cc21)c1ccc[nH]1. The van der Waals surface area contributed by atoms with Crippen LogP contribution < -0.4 is 15.8 Å². The third-order valence-electron chi connectivity index (χ3n) is 3.75. The van der Waals surface area contributed by atoms with Crippen molar-refractivity contribution in [3.8, 4) is 0 Å². The predicted octanol–water partition coefficient (Wildman–Crippen LogP) is 0.661. The Morgan fingerprint density at radius 1 is 1.28 bits per heavy atom. The summed E-state index contributed by atoms with van der Waals surface area (Å²) in [5.41, 5.74) is 1.40. The fourth-order valence-electron chi connectivity index (χ4n) is 2.68. The molecule has 2 heterocycles. The maximum Gasteiger partial charge on any atom is 0.257 e. The summed E-state index contributed by atoms with van der Waals surface area (Å²) in [6.45, 7) is 2.14. The number of aromatic nitrogens is 1. The molecular formula is C16H16N4O4S. The number of nitrogens with one attached hydrogen (secondary N) is 3. The van der Waals surface area contributed by atoms with Crippen LogP contribution in [0, 0.1) is 0 Å². The molecule has 1 aliphatic rings. The largest absolute Gasteiger partial charge is 0.361 e. The summed E-state index contributed by atoms with van der Waals surface area (Å²) in [4.78, 5) is 27.8. The molecule has 9 heteroatoms. The van der Waals surface area contributed by atoms with Gasteiger partial charge in [0.25, 0.3) is 11.8 Å². The average molecular weight is 360 g/mol. The second-order valence-electron chi connectivity index (χ2n) is 5.40. The average Bonchev–Trinajstić information content (AvgIpc) is 3.15. The van der Waals surface area contributed by atoms with Gasteiger partial charge in [0.2, 0.25) is 10.0 Å². The van der Waals surface area contributed by atoms with Crippen molar-refractivity contribution in [1.29, 1.82) is 0 Å². The molecule has 0 atom stereocenters. The van der Waals surface area contributed by atoms with Crippen LogP contribution >= 0.6 is 0 Å². The van der Waals surface area contributed by atoms with E-state index >= 15 is 0 Å². The van der Waals surface area contributed by atoms with Gasteiger partial charge in [-0.2, -0.15) is 0 Å². The normalized spacial score (nSPS) is 15.5. The molecule has 2 aromatic rings. The van der Waals surface area contributed by atoms with Crippen molar-refractivity contribution in [3.05, 3.63) is 47.8 Å². The third-order valence-corrected chi connectivity index (χ3v) is 4.66. The van der Waals surface area contributed by atoms with Crippen molar-refractivity contribution in [2.24, 2.45) is 5.14 Å². The summed E-state index contributed by atoms with van der Waals surface area (Å²) >= 11 is 0. The van der Waals surface area contributed by atoms with Crippen molar-refractivity contribution >= 4 is 38.7 Å². The number of fused-ring (bicyclic) bond motifs is 1. The molecule has 2 amide bonds. The number of likely N-dealkylation sites (N-methyl/N-ethyl adjacent to an activating group) is 1. The molecule has 0 radical (unpaired) electrons. The highest BCUT2D eigenvalue weighted by molar-refractivity contribution is 7.89. The molecule has 0 saturated heterocycles. The number of H-pyrrole nitrogens is 1. The number of aromatic amines is 1. The minimum absolute atomic E-state index is 0.0916. The van der Waals surface area contributed by atoms with Crippen LogP contribution in [0.25, 0.3) is 11.1 Å². The number of carbonyl (C=O) groups is 2. The van der Waals surface area contributed by atoms with E-state index < -0.39 is 21.8 Å². The lowest BCUT2D eigenvalue weighted by Crippen LogP contribution is -2.25. The third kappa shape index (κ3) is 3.06. The van der Waals surface area contributed by atoms with Gasteiger partial charge in [0.1, 0.15) is 0 Å². The number of amides is 2. The van der Waals surface area contributed by atoms with Gasteiger partial charge in [-0.15, -0.1) is 0 Å². The zero-order chi connectivity index (χ0) is 18.2. The van der Waals surface area contributed by atoms with Crippen LogP contribution in [-0.4, -0.2) is 31.8 Å². The Labute approximate surface area is 144 Å². The molecule has 0 aliphatic carbocycles. The first-order valence-corrected chi connectivity index (χ1v) is 9.02. The van der Waals surface area contributed by atoms with Gasteiger partial charge in [-0.25, -0.2) is 13.6 Å². The molecule has 1 aromatic carbocycles. The lowest BCUT2D eigenvalue weighted by atomic mass is 9.98. The molecule has 0 bridgehead atoms. The number of hydrogen-bond acceptors (Lipinski definition) is 4. The molecule has 130 valence electrons. The minimum Gasteiger partial charge on any atom is -0.361 e. The van der Waals surface area contributed by atoms with E-state index in [1.54, 1.807) is 25.3 Å². The van der Waals surface area contributed by atoms with Gasteiger partial charge in [0.15, 0.2) is 0 Å². The lowest BCUT2D eigenvalue weighted by Gasteiger charge is -2.10. The Hall–Kier alpha value is -2.91. The van der Waals surface area contributed by atoms with E-state index in [2.05, 4.69) is 15.6 Å². The number of hydrogen-bond donors (Lipinski definition) is 4. The van der Waals surface area contributed by atoms with Crippen LogP contribution in [0.2, 0.25) is 0 Å². The fourth-order valence-corrected chi connectivity index (χ4v) is 3.22. The van der Waals surface area contributed by atoms with Gasteiger partial charge in [-0.05, 0) is 37.3 Å². The van der Waals surface area contributed by atoms with E-state index in [4.69, 9.17) is 5.14 Å². The molecule has 5 N–H and O–H groups in total. The Morgan fingerprint density at radius 3 is 2.64 bits per heavy atom. The quantitative estimate of drug-likeness (QED) is 0.596. The molecule has 0 unspecified atom stereocenters. The maximum absolute atomic E-state index is 12.6. The summed E-state index contributed by atoms with van der Waals surface area (Å²) in [6, 6.07) is 7.40. The molecule has 25 heavy (non-hydrogen) atoms. The predicted molar refractivity (Wildman–Crippen MR) is 92.7 cm³/mol. The van der Waals surface area contributed by atoms with Gasteiger partial charge in [-0.1, -0.05) is 0 Å². The van der Waals surface area contributed by atoms with Gasteiger partial charge in [0.05, 0.1) is 21.7 Å². The number of primary sulfonamides is 1. The topological polar surface area (TPSA) is 134 Å². The van der Waals surface area contributed by atoms with Crippen LogP contribution in [0.3, 0.4) is 0 Å². The Bertz CT molecular complexity index is 991. The summed E-state index contributed by atoms with van der Waals surface area (Å²) in [6.07, 6.45) is 1.63. The fraction of sp³-hybridized carbons (Fsp3) is 0.125. The van der Waals surface area contributed by atoms with Crippen molar-refractivity contribution in [2.45, 2.75) is 11.8 Å². The monoisotopic (exact) mass is 360 g/mol. The summed E-state index contributed by atoms with van der Waals surface area (Å²) in [5.74, 6) is -0.929. The zero-order valence-corrected chi connectivity index (χ0v) is 14.1. The number of nitrogens with two attached hydrogens (primary N) is 1. The van der Waals surface area contributed by atoms with Gasteiger partial charge in [0, 0.05) is 24.0 Å². The summed E-state index contributed by atoms with van der Waals surface area (Å²) < 4.78 is 23.3. The lowest BCUT2D eigenvalue weighted by molar-refractivity contribution is -0.116. The number of carbonyl (C=O) groups excluding carboxylic acids is 2. The summed E-state index contributed by atoms with van der Waals surface area (Å²) in [5, 5.41) is 10.5. The smallest absolute Gasteiger partial charge is 0.257 e. The molecule has 0 spiro atoms. The Morgan fingerprint density at radius 2 is 2.04 bits per heavy atom. The first kappa shape index (κ1) is 16.9. The highest BCUT2D eigenvalue weighted by Gasteiger charge is 2.32. The summed E-state index contributed by atoms with van der Waals surface area (Å²) in [7, 11) is -3.95. The van der Waals surface area contributed by atoms with Crippen LogP contribution in [0.4, 0.5) is 5.69 Å². The van der Waals surface area contributed by atoms with Crippen LogP contribution in [0.15, 0.2) is 41.4 Å². The molecule has 1 aromatic heterocycles. The number of benzene rings is 1. The van der Waals surface area contributed by atoms with Crippen molar-refractivity contribution in [1.82, 2.24) is 10.3 Å². The van der Waals surface area contributed by atoms with E-state index in [1.165, 1.54) is 18.2 Å². The molecular weight excluding hydrogens is 344 g/mol. The van der Waals surface area contributed by atoms with E-state index in [-0.39, 0.29) is 16.0 Å². The van der Waals surface area contributed by atoms with Crippen LogP contribution in [-0.2, 0) is 19.6 Å². The van der Waals surface area contributed by atoms with Gasteiger partial charge < -0.3 is 15.6 Å². The highest BCUT2D eigenvalue weighted by Crippen LogP contribution is 2.38.